The van der Waals surface area contributed by atoms with Crippen molar-refractivity contribution in [3.63, 3.8) is 0 Å². The van der Waals surface area contributed by atoms with Gasteiger partial charge in [0.25, 0.3) is 6.71 Å². The molecule has 2 aliphatic rings. The Hall–Kier alpha value is -6.60. The minimum Gasteiger partial charge on any atom is -0.458 e. The van der Waals surface area contributed by atoms with Gasteiger partial charge in [-0.15, -0.1) is 65.7 Å². The Kier molecular flexibility index (Phi) is 13.6. The van der Waals surface area contributed by atoms with Gasteiger partial charge in [0.05, 0.1) is 16.9 Å². The van der Waals surface area contributed by atoms with Crippen LogP contribution in [0.2, 0.25) is 0 Å². The predicted octanol–water partition coefficient (Wildman–Crippen LogP) is 15.0. The van der Waals surface area contributed by atoms with Crippen LogP contribution in [0.5, 0.6) is 23.0 Å². The number of benzene rings is 7. The van der Waals surface area contributed by atoms with Crippen molar-refractivity contribution in [1.29, 1.82) is 0 Å². The first-order valence-electron chi connectivity index (χ1n) is 24.9. The van der Waals surface area contributed by atoms with Gasteiger partial charge >= 0.3 is 0 Å². The molecule has 2 aliphatic heterocycles. The molecule has 365 valence electrons. The first-order valence-corrected chi connectivity index (χ1v) is 24.9. The summed E-state index contributed by atoms with van der Waals surface area (Å²) in [6, 6.07) is 52.2. The van der Waals surface area contributed by atoms with E-state index >= 15 is 0 Å². The fraction of sp³-hybridized carbons (Fsp3) is 0.250. The Morgan fingerprint density at radius 3 is 1.76 bits per heavy atom. The number of para-hydroxylation sites is 1. The zero-order valence-corrected chi connectivity index (χ0v) is 45.8. The number of hydrogen-bond donors (Lipinski definition) is 0. The Labute approximate surface area is 439 Å². The molecule has 0 amide bonds. The van der Waals surface area contributed by atoms with Crippen LogP contribution in [-0.2, 0) is 30.9 Å². The van der Waals surface area contributed by atoms with Gasteiger partial charge in [-0.25, -0.2) is 0 Å². The van der Waals surface area contributed by atoms with Gasteiger partial charge in [0.1, 0.15) is 23.0 Å². The molecule has 11 rings (SSSR count). The molecule has 5 nitrogen and oxygen atoms in total. The third-order valence-electron chi connectivity index (χ3n) is 14.1. The summed E-state index contributed by atoms with van der Waals surface area (Å²) in [4.78, 5) is 9.58. The minimum absolute atomic E-state index is 0. The largest absolute Gasteiger partial charge is 0.458 e. The minimum atomic E-state index is -0.275. The van der Waals surface area contributed by atoms with Crippen molar-refractivity contribution in [3.05, 3.63) is 191 Å². The van der Waals surface area contributed by atoms with E-state index in [2.05, 4.69) is 188 Å². The quantitative estimate of drug-likeness (QED) is 0.123. The van der Waals surface area contributed by atoms with E-state index in [1.807, 2.05) is 38.2 Å². The average molecular weight is 1130 g/mol. The monoisotopic (exact) mass is 1130 g/mol. The van der Waals surface area contributed by atoms with Crippen LogP contribution in [0.25, 0.3) is 50.5 Å². The van der Waals surface area contributed by atoms with Crippen LogP contribution in [-0.4, -0.2) is 21.2 Å². The predicted molar refractivity (Wildman–Crippen MR) is 292 cm³/mol. The molecule has 72 heavy (non-hydrogen) atoms. The number of rotatable bonds is 6. The third-order valence-corrected chi connectivity index (χ3v) is 14.1. The van der Waals surface area contributed by atoms with Crippen LogP contribution in [0, 0.1) is 31.8 Å². The molecule has 0 saturated carbocycles. The van der Waals surface area contributed by atoms with E-state index in [0.717, 1.165) is 78.8 Å². The van der Waals surface area contributed by atoms with Gasteiger partial charge in [-0.05, 0) is 128 Å². The van der Waals surface area contributed by atoms with Gasteiger partial charge in [0.2, 0.25) is 0 Å². The molecule has 0 atom stereocenters. The Morgan fingerprint density at radius 1 is 0.611 bits per heavy atom. The molecule has 0 N–H and O–H groups in total. The first-order chi connectivity index (χ1) is 33.8. The van der Waals surface area contributed by atoms with Crippen molar-refractivity contribution in [2.24, 2.45) is 0 Å². The number of hydrogen-bond acceptors (Lipinski definition) is 4. The van der Waals surface area contributed by atoms with Crippen molar-refractivity contribution >= 4 is 34.1 Å². The zero-order valence-electron chi connectivity index (χ0n) is 43.4. The van der Waals surface area contributed by atoms with Crippen molar-refractivity contribution in [3.8, 4) is 62.5 Å². The van der Waals surface area contributed by atoms with Gasteiger partial charge in [-0.1, -0.05) is 129 Å². The van der Waals surface area contributed by atoms with Gasteiger partial charge in [-0.3, -0.25) is 9.37 Å². The molecule has 7 aromatic carbocycles. The molecule has 0 saturated heterocycles. The molecule has 0 fully saturated rings. The van der Waals surface area contributed by atoms with Crippen molar-refractivity contribution in [2.75, 3.05) is 0 Å². The van der Waals surface area contributed by atoms with Crippen LogP contribution in [0.4, 0.5) is 4.39 Å². The van der Waals surface area contributed by atoms with E-state index in [4.69, 9.17) is 14.5 Å². The topological polar surface area (TPSA) is 49.2 Å². The fourth-order valence-electron chi connectivity index (χ4n) is 9.90. The maximum absolute atomic E-state index is 12.7. The maximum Gasteiger partial charge on any atom is 0.260 e. The zero-order chi connectivity index (χ0) is 50.1. The number of imidazole rings is 1. The number of pyridine rings is 1. The van der Waals surface area contributed by atoms with Gasteiger partial charge in [0.15, 0.2) is 0 Å². The van der Waals surface area contributed by atoms with Gasteiger partial charge in [0, 0.05) is 43.3 Å². The van der Waals surface area contributed by atoms with Crippen LogP contribution < -0.4 is 25.9 Å². The number of halogens is 1. The van der Waals surface area contributed by atoms with E-state index in [1.54, 1.807) is 6.07 Å². The summed E-state index contributed by atoms with van der Waals surface area (Å²) in [5.41, 5.74) is 18.9. The normalized spacial score (nSPS) is 12.6. The standard InChI is InChI=1S/C51H50BN2O2.C13H11FN.Ir/c1-30(2)37-17-14-18-38(31(3)4)48(37)54-42-25-33(19-22-41(42)53-49(54)32-15-12-11-13-16-32)34-26-45-47-46(27-34)56-44-24-21-36(51(8,9)10)29-40(44)52(47)39-28-35(50(5,6)7)20-23-43(39)55-45;1-9-7-13(15-8-10(9)2)11-3-5-12(14)6-4-11;/h11-15,17-31H,1-10H3;3,5-8H,1-2H3;/q2*-1;. The smallest absolute Gasteiger partial charge is 0.260 e. The summed E-state index contributed by atoms with van der Waals surface area (Å²) in [6.45, 7) is 26.8. The molecular weight excluding hydrogens is 1060 g/mol. The van der Waals surface area contributed by atoms with E-state index in [0.29, 0.717) is 11.8 Å². The molecule has 4 heterocycles. The summed E-state index contributed by atoms with van der Waals surface area (Å²) in [5, 5.41) is 0. The Balaban J connectivity index is 0.000000342. The van der Waals surface area contributed by atoms with E-state index < -0.39 is 0 Å². The molecule has 1 radical (unpaired) electrons. The number of nitrogens with zero attached hydrogens (tertiary/aromatic N) is 3. The van der Waals surface area contributed by atoms with Crippen molar-refractivity contribution in [1.82, 2.24) is 14.5 Å². The second-order valence-corrected chi connectivity index (χ2v) is 21.9. The van der Waals surface area contributed by atoms with E-state index in [-0.39, 0.29) is 43.5 Å². The second-order valence-electron chi connectivity index (χ2n) is 21.9. The second kappa shape index (κ2) is 19.4. The van der Waals surface area contributed by atoms with Crippen LogP contribution in [0.3, 0.4) is 0 Å². The summed E-state index contributed by atoms with van der Waals surface area (Å²) in [7, 11) is 0. The number of ether oxygens (including phenoxy) is 2. The molecule has 9 aromatic rings. The van der Waals surface area contributed by atoms with E-state index in [1.165, 1.54) is 56.6 Å². The summed E-state index contributed by atoms with van der Waals surface area (Å²) < 4.78 is 28.9. The summed E-state index contributed by atoms with van der Waals surface area (Å²) in [5.74, 6) is 4.72. The molecule has 0 aliphatic carbocycles. The molecule has 0 bridgehead atoms. The SMILES string of the molecule is CC(C)c1cccc(C(C)C)c1-n1c(-c2[c-]cccc2)nc2ccc(-c3cc4c5c(c3)Oc3ccc(C(C)(C)C)cc3B5c3cc(C(C)(C)C)ccc3O4)cc21.Cc1cnc(-c2[c-]cc(F)cc2)cc1C.[Ir]. The Morgan fingerprint density at radius 2 is 1.24 bits per heavy atom. The average Bonchev–Trinajstić information content (AvgIpc) is 3.73. The van der Waals surface area contributed by atoms with Crippen LogP contribution in [0.1, 0.15) is 114 Å². The van der Waals surface area contributed by atoms with Crippen LogP contribution in [0.15, 0.2) is 140 Å². The first kappa shape index (κ1) is 50.3. The number of aromatic nitrogens is 3. The Bertz CT molecular complexity index is 3380. The summed E-state index contributed by atoms with van der Waals surface area (Å²) in [6.07, 6.45) is 1.82. The molecule has 2 aromatic heterocycles. The van der Waals surface area contributed by atoms with Gasteiger partial charge in [-0.2, -0.15) is 0 Å². The fourth-order valence-corrected chi connectivity index (χ4v) is 9.90. The molecule has 0 spiro atoms. The summed E-state index contributed by atoms with van der Waals surface area (Å²) >= 11 is 0. The molecule has 8 heteroatoms. The number of fused-ring (bicyclic) bond motifs is 5. The van der Waals surface area contributed by atoms with Crippen molar-refractivity contribution in [2.45, 2.75) is 106 Å². The maximum atomic E-state index is 12.7. The van der Waals surface area contributed by atoms with Gasteiger partial charge < -0.3 is 19.0 Å². The molecular formula is C64H61BFIrN3O2-2. The van der Waals surface area contributed by atoms with Crippen LogP contribution >= 0.6 is 0 Å². The van der Waals surface area contributed by atoms with Crippen molar-refractivity contribution < 1.29 is 34.0 Å². The third kappa shape index (κ3) is 9.48. The number of aryl methyl sites for hydroxylation is 2. The molecule has 0 unspecified atom stereocenters. The van der Waals surface area contributed by atoms with E-state index in [9.17, 15) is 4.39 Å².